The molecule has 6 heteroatoms. The Balaban J connectivity index is 4.26. The number of esters is 3. The highest BCUT2D eigenvalue weighted by molar-refractivity contribution is 5.71. The lowest BCUT2D eigenvalue weighted by Crippen LogP contribution is -2.30. The van der Waals surface area contributed by atoms with Crippen molar-refractivity contribution < 1.29 is 28.6 Å². The Labute approximate surface area is 497 Å². The zero-order chi connectivity index (χ0) is 57.8. The molecular formula is C74H132O6. The van der Waals surface area contributed by atoms with Crippen LogP contribution in [0.1, 0.15) is 361 Å². The van der Waals surface area contributed by atoms with Crippen LogP contribution in [0.25, 0.3) is 0 Å². The second-order valence-corrected chi connectivity index (χ2v) is 23.4. The van der Waals surface area contributed by atoms with Crippen LogP contribution in [0.4, 0.5) is 0 Å². The van der Waals surface area contributed by atoms with Crippen molar-refractivity contribution >= 4 is 17.9 Å². The fourth-order valence-electron chi connectivity index (χ4n) is 10.1. The maximum absolute atomic E-state index is 12.9. The second kappa shape index (κ2) is 68.3. The number of rotatable bonds is 64. The van der Waals surface area contributed by atoms with Gasteiger partial charge in [0.15, 0.2) is 6.10 Å². The van der Waals surface area contributed by atoms with Crippen LogP contribution in [0.3, 0.4) is 0 Å². The molecule has 0 rings (SSSR count). The summed E-state index contributed by atoms with van der Waals surface area (Å²) in [6, 6.07) is 0. The van der Waals surface area contributed by atoms with Crippen LogP contribution in [-0.2, 0) is 28.6 Å². The predicted molar refractivity (Wildman–Crippen MR) is 348 cm³/mol. The number of hydrogen-bond donors (Lipinski definition) is 0. The van der Waals surface area contributed by atoms with Crippen molar-refractivity contribution in [1.82, 2.24) is 0 Å². The van der Waals surface area contributed by atoms with Crippen LogP contribution in [0.5, 0.6) is 0 Å². The molecule has 0 N–H and O–H groups in total. The van der Waals surface area contributed by atoms with Crippen molar-refractivity contribution in [3.05, 3.63) is 72.9 Å². The molecule has 1 unspecified atom stereocenters. The Bertz CT molecular complexity index is 1470. The number of unbranched alkanes of at least 4 members (excludes halogenated alkanes) is 41. The summed E-state index contributed by atoms with van der Waals surface area (Å²) >= 11 is 0. The third-order valence-electron chi connectivity index (χ3n) is 15.4. The molecule has 0 fully saturated rings. The van der Waals surface area contributed by atoms with Crippen LogP contribution in [0.2, 0.25) is 0 Å². The van der Waals surface area contributed by atoms with Crippen LogP contribution in [-0.4, -0.2) is 37.2 Å². The first-order valence-corrected chi connectivity index (χ1v) is 34.9. The van der Waals surface area contributed by atoms with Gasteiger partial charge in [0.1, 0.15) is 13.2 Å². The second-order valence-electron chi connectivity index (χ2n) is 23.4. The van der Waals surface area contributed by atoms with E-state index < -0.39 is 6.10 Å². The molecule has 80 heavy (non-hydrogen) atoms. The molecule has 0 bridgehead atoms. The lowest BCUT2D eigenvalue weighted by molar-refractivity contribution is -0.167. The molecule has 0 amide bonds. The number of hydrogen-bond acceptors (Lipinski definition) is 6. The maximum atomic E-state index is 12.9. The predicted octanol–water partition coefficient (Wildman–Crippen LogP) is 24.1. The van der Waals surface area contributed by atoms with Gasteiger partial charge in [0.25, 0.3) is 0 Å². The van der Waals surface area contributed by atoms with Gasteiger partial charge in [0, 0.05) is 19.3 Å². The minimum absolute atomic E-state index is 0.0786. The molecule has 464 valence electrons. The van der Waals surface area contributed by atoms with Crippen molar-refractivity contribution in [1.29, 1.82) is 0 Å². The molecule has 0 saturated heterocycles. The van der Waals surface area contributed by atoms with Gasteiger partial charge in [-0.2, -0.15) is 0 Å². The Morgan fingerprint density at radius 2 is 0.463 bits per heavy atom. The van der Waals surface area contributed by atoms with E-state index in [0.29, 0.717) is 19.3 Å². The van der Waals surface area contributed by atoms with E-state index in [4.69, 9.17) is 14.2 Å². The molecule has 0 saturated carbocycles. The number of allylic oxidation sites excluding steroid dienone is 12. The topological polar surface area (TPSA) is 78.9 Å². The van der Waals surface area contributed by atoms with E-state index in [-0.39, 0.29) is 31.1 Å². The van der Waals surface area contributed by atoms with Crippen LogP contribution in [0.15, 0.2) is 72.9 Å². The summed E-state index contributed by atoms with van der Waals surface area (Å²) in [4.78, 5) is 38.4. The summed E-state index contributed by atoms with van der Waals surface area (Å²) in [5.41, 5.74) is 0. The van der Waals surface area contributed by atoms with E-state index in [0.717, 1.165) is 89.9 Å². The van der Waals surface area contributed by atoms with E-state index in [9.17, 15) is 14.4 Å². The summed E-state index contributed by atoms with van der Waals surface area (Å²) in [5, 5.41) is 0. The van der Waals surface area contributed by atoms with Gasteiger partial charge in [-0.1, -0.05) is 306 Å². The quantitative estimate of drug-likeness (QED) is 0.0261. The van der Waals surface area contributed by atoms with Gasteiger partial charge in [-0.25, -0.2) is 0 Å². The van der Waals surface area contributed by atoms with Crippen LogP contribution in [0, 0.1) is 0 Å². The zero-order valence-corrected chi connectivity index (χ0v) is 53.3. The monoisotopic (exact) mass is 1120 g/mol. The van der Waals surface area contributed by atoms with E-state index in [1.165, 1.54) is 231 Å². The Morgan fingerprint density at radius 3 is 0.750 bits per heavy atom. The molecule has 0 radical (unpaired) electrons. The molecule has 0 aromatic carbocycles. The van der Waals surface area contributed by atoms with E-state index in [2.05, 4.69) is 93.7 Å². The summed E-state index contributed by atoms with van der Waals surface area (Å²) < 4.78 is 17.0. The largest absolute Gasteiger partial charge is 0.462 e. The normalized spacial score (nSPS) is 12.5. The number of carbonyl (C=O) groups excluding carboxylic acids is 3. The Morgan fingerprint density at radius 1 is 0.250 bits per heavy atom. The summed E-state index contributed by atoms with van der Waals surface area (Å²) in [6.45, 7) is 6.62. The summed E-state index contributed by atoms with van der Waals surface area (Å²) in [6.07, 6.45) is 89.2. The molecule has 0 aromatic rings. The highest BCUT2D eigenvalue weighted by Crippen LogP contribution is 2.17. The minimum Gasteiger partial charge on any atom is -0.462 e. The van der Waals surface area contributed by atoms with E-state index >= 15 is 0 Å². The average Bonchev–Trinajstić information content (AvgIpc) is 3.46. The van der Waals surface area contributed by atoms with Crippen LogP contribution < -0.4 is 0 Å². The van der Waals surface area contributed by atoms with Crippen molar-refractivity contribution in [3.8, 4) is 0 Å². The Hall–Kier alpha value is -3.15. The first kappa shape index (κ1) is 76.9. The van der Waals surface area contributed by atoms with Gasteiger partial charge in [0.05, 0.1) is 0 Å². The summed E-state index contributed by atoms with van der Waals surface area (Å²) in [5.74, 6) is -0.877. The van der Waals surface area contributed by atoms with Crippen molar-refractivity contribution in [2.75, 3.05) is 13.2 Å². The van der Waals surface area contributed by atoms with Crippen molar-refractivity contribution in [2.45, 2.75) is 367 Å². The third-order valence-corrected chi connectivity index (χ3v) is 15.4. The number of carbonyl (C=O) groups is 3. The highest BCUT2D eigenvalue weighted by atomic mass is 16.6. The molecule has 0 aliphatic rings. The van der Waals surface area contributed by atoms with Gasteiger partial charge in [-0.05, 0) is 109 Å². The fourth-order valence-corrected chi connectivity index (χ4v) is 10.1. The molecule has 0 aliphatic carbocycles. The van der Waals surface area contributed by atoms with Gasteiger partial charge in [-0.15, -0.1) is 0 Å². The maximum Gasteiger partial charge on any atom is 0.306 e. The molecule has 0 aromatic heterocycles. The molecule has 0 heterocycles. The highest BCUT2D eigenvalue weighted by Gasteiger charge is 2.19. The van der Waals surface area contributed by atoms with Gasteiger partial charge in [0.2, 0.25) is 0 Å². The molecule has 0 spiro atoms. The van der Waals surface area contributed by atoms with Crippen molar-refractivity contribution in [2.24, 2.45) is 0 Å². The van der Waals surface area contributed by atoms with Crippen LogP contribution >= 0.6 is 0 Å². The standard InChI is InChI=1S/C74H132O6/c1-4-7-10-13-16-19-22-25-28-30-32-33-34-35-36-37-38-39-40-41-43-44-46-49-52-55-58-61-64-67-73(76)79-70-71(69-78-72(75)66-63-60-57-54-51-48-27-24-21-18-15-12-9-6-3)80-74(77)68-65-62-59-56-53-50-47-45-42-31-29-26-23-20-17-14-11-8-5-2/h15,18,22,24-27,29-30,32,34-35,71H,4-14,16-17,19-21,23,28,31,33,36-70H2,1-3H3/b18-15-,25-22-,27-24-,29-26-,32-30-,35-34-. The average molecular weight is 1120 g/mol. The number of ether oxygens (including phenoxy) is 3. The lowest BCUT2D eigenvalue weighted by atomic mass is 10.0. The Kier molecular flexibility index (Phi) is 65.7. The van der Waals surface area contributed by atoms with Gasteiger partial charge in [-0.3, -0.25) is 14.4 Å². The molecular weight excluding hydrogens is 985 g/mol. The van der Waals surface area contributed by atoms with Crippen molar-refractivity contribution in [3.63, 3.8) is 0 Å². The summed E-state index contributed by atoms with van der Waals surface area (Å²) in [7, 11) is 0. The van der Waals surface area contributed by atoms with E-state index in [1.54, 1.807) is 0 Å². The van der Waals surface area contributed by atoms with E-state index in [1.807, 2.05) is 0 Å². The zero-order valence-electron chi connectivity index (χ0n) is 53.3. The first-order valence-electron chi connectivity index (χ1n) is 34.9. The third kappa shape index (κ3) is 65.7. The molecule has 6 nitrogen and oxygen atoms in total. The fraction of sp³-hybridized carbons (Fsp3) is 0.797. The lowest BCUT2D eigenvalue weighted by Gasteiger charge is -2.18. The first-order chi connectivity index (χ1) is 39.5. The minimum atomic E-state index is -0.783. The van der Waals surface area contributed by atoms with Gasteiger partial charge < -0.3 is 14.2 Å². The van der Waals surface area contributed by atoms with Gasteiger partial charge >= 0.3 is 17.9 Å². The molecule has 0 aliphatic heterocycles. The SMILES string of the molecule is CCCC/C=C\C/C=C\CCCCCCCC(=O)OCC(COC(=O)CCCCCCCCCCCCCCCC/C=C\C/C=C\C/C=C\CCCCCCC)OC(=O)CCCCCCCCCCC/C=C\CCCCCCCC. The smallest absolute Gasteiger partial charge is 0.306 e. The molecule has 1 atom stereocenters.